The van der Waals surface area contributed by atoms with Crippen molar-refractivity contribution < 1.29 is 13.6 Å². The normalized spacial score (nSPS) is 18.8. The molecule has 0 radical (unpaired) electrons. The van der Waals surface area contributed by atoms with E-state index in [1.54, 1.807) is 24.3 Å². The van der Waals surface area contributed by atoms with Crippen LogP contribution in [0.5, 0.6) is 0 Å². The molecule has 1 aliphatic carbocycles. The van der Waals surface area contributed by atoms with Crippen molar-refractivity contribution in [1.29, 1.82) is 0 Å². The van der Waals surface area contributed by atoms with Gasteiger partial charge in [-0.05, 0) is 48.4 Å². The molecule has 6 heteroatoms. The molecule has 2 aromatic heterocycles. The van der Waals surface area contributed by atoms with Crippen LogP contribution in [0.3, 0.4) is 0 Å². The summed E-state index contributed by atoms with van der Waals surface area (Å²) in [6, 6.07) is 12.8. The third-order valence-electron chi connectivity index (χ3n) is 4.32. The Bertz CT molecular complexity index is 978. The number of pyridine rings is 1. The van der Waals surface area contributed by atoms with Crippen LogP contribution in [0.2, 0.25) is 0 Å². The van der Waals surface area contributed by atoms with Crippen molar-refractivity contribution in [3.8, 4) is 11.5 Å². The van der Waals surface area contributed by atoms with Crippen LogP contribution in [-0.2, 0) is 0 Å². The van der Waals surface area contributed by atoms with E-state index >= 15 is 0 Å². The summed E-state index contributed by atoms with van der Waals surface area (Å²) < 4.78 is 18.5. The smallest absolute Gasteiger partial charge is 0.261 e. The summed E-state index contributed by atoms with van der Waals surface area (Å²) in [4.78, 5) is 27.1. The third kappa shape index (κ3) is 3.10. The van der Waals surface area contributed by atoms with Crippen LogP contribution < -0.4 is 10.9 Å². The van der Waals surface area contributed by atoms with Crippen molar-refractivity contribution in [1.82, 2.24) is 10.3 Å². The molecule has 2 atom stereocenters. The van der Waals surface area contributed by atoms with E-state index in [9.17, 15) is 14.0 Å². The quantitative estimate of drug-likeness (QED) is 0.768. The summed E-state index contributed by atoms with van der Waals surface area (Å²) in [6.07, 6.45) is 2.24. The number of carbonyl (C=O) groups excluding carboxylic acids is 1. The van der Waals surface area contributed by atoms with Crippen molar-refractivity contribution in [2.24, 2.45) is 0 Å². The number of amides is 1. The lowest BCUT2D eigenvalue weighted by atomic mass is 10.1. The second-order valence-corrected chi connectivity index (χ2v) is 6.07. The summed E-state index contributed by atoms with van der Waals surface area (Å²) in [5.74, 6) is -0.117. The zero-order valence-electron chi connectivity index (χ0n) is 13.2. The molecule has 25 heavy (non-hydrogen) atoms. The average Bonchev–Trinajstić information content (AvgIpc) is 3.14. The first-order chi connectivity index (χ1) is 12.1. The summed E-state index contributed by atoms with van der Waals surface area (Å²) in [6.45, 7) is 0. The highest BCUT2D eigenvalue weighted by atomic mass is 19.1. The molecular weight excluding hydrogens is 323 g/mol. The van der Waals surface area contributed by atoms with Crippen LogP contribution in [0.15, 0.2) is 64.0 Å². The second kappa shape index (κ2) is 6.05. The molecule has 2 heterocycles. The topological polar surface area (TPSA) is 75.1 Å². The molecule has 5 nitrogen and oxygen atoms in total. The van der Waals surface area contributed by atoms with Gasteiger partial charge in [-0.1, -0.05) is 12.1 Å². The van der Waals surface area contributed by atoms with Gasteiger partial charge in [-0.2, -0.15) is 0 Å². The Hall–Kier alpha value is -3.15. The van der Waals surface area contributed by atoms with Crippen molar-refractivity contribution in [2.75, 3.05) is 0 Å². The van der Waals surface area contributed by atoms with E-state index in [0.29, 0.717) is 11.5 Å². The Morgan fingerprint density at radius 1 is 1.20 bits per heavy atom. The van der Waals surface area contributed by atoms with Crippen molar-refractivity contribution >= 4 is 5.91 Å². The molecular formula is C19H15FN2O3. The first-order valence-corrected chi connectivity index (χ1v) is 7.95. The van der Waals surface area contributed by atoms with Gasteiger partial charge < -0.3 is 14.7 Å². The predicted molar refractivity (Wildman–Crippen MR) is 89.8 cm³/mol. The number of furan rings is 1. The Morgan fingerprint density at radius 3 is 2.80 bits per heavy atom. The molecule has 3 aromatic rings. The highest BCUT2D eigenvalue weighted by Gasteiger charge is 2.40. The minimum atomic E-state index is -0.477. The van der Waals surface area contributed by atoms with E-state index < -0.39 is 11.5 Å². The maximum atomic E-state index is 13.3. The van der Waals surface area contributed by atoms with Gasteiger partial charge >= 0.3 is 0 Å². The van der Waals surface area contributed by atoms with Gasteiger partial charge in [0.25, 0.3) is 11.5 Å². The molecule has 1 amide bonds. The number of hydrogen-bond acceptors (Lipinski definition) is 3. The van der Waals surface area contributed by atoms with Gasteiger partial charge in [-0.3, -0.25) is 9.59 Å². The lowest BCUT2D eigenvalue weighted by Gasteiger charge is -2.05. The predicted octanol–water partition coefficient (Wildman–Crippen LogP) is 3.06. The monoisotopic (exact) mass is 338 g/mol. The summed E-state index contributed by atoms with van der Waals surface area (Å²) in [5.41, 5.74) is 0.928. The molecule has 1 aromatic carbocycles. The van der Waals surface area contributed by atoms with Gasteiger partial charge in [0.05, 0.1) is 12.0 Å². The molecule has 0 aliphatic heterocycles. The fourth-order valence-corrected chi connectivity index (χ4v) is 2.93. The molecule has 4 rings (SSSR count). The number of hydrogen-bond donors (Lipinski definition) is 2. The third-order valence-corrected chi connectivity index (χ3v) is 4.32. The summed E-state index contributed by atoms with van der Waals surface area (Å²) in [7, 11) is 0. The molecule has 2 unspecified atom stereocenters. The average molecular weight is 338 g/mol. The van der Waals surface area contributed by atoms with E-state index in [1.165, 1.54) is 24.5 Å². The molecule has 1 aliphatic rings. The highest BCUT2D eigenvalue weighted by molar-refractivity contribution is 5.94. The van der Waals surface area contributed by atoms with Gasteiger partial charge in [0.2, 0.25) is 0 Å². The van der Waals surface area contributed by atoms with Gasteiger partial charge in [0.1, 0.15) is 17.1 Å². The van der Waals surface area contributed by atoms with Crippen LogP contribution >= 0.6 is 0 Å². The number of carbonyl (C=O) groups is 1. The van der Waals surface area contributed by atoms with Crippen molar-refractivity contribution in [2.45, 2.75) is 18.4 Å². The zero-order valence-corrected chi connectivity index (χ0v) is 13.2. The lowest BCUT2D eigenvalue weighted by molar-refractivity contribution is 0.0949. The van der Waals surface area contributed by atoms with Gasteiger partial charge in [-0.25, -0.2) is 4.39 Å². The number of rotatable bonds is 4. The van der Waals surface area contributed by atoms with Crippen molar-refractivity contribution in [3.63, 3.8) is 0 Å². The molecule has 126 valence electrons. The van der Waals surface area contributed by atoms with E-state index in [0.717, 1.165) is 12.0 Å². The first-order valence-electron chi connectivity index (χ1n) is 7.95. The second-order valence-electron chi connectivity index (χ2n) is 6.07. The lowest BCUT2D eigenvalue weighted by Crippen LogP contribution is -2.31. The standard InChI is InChI=1S/C19H15FN2O3/c20-12-4-1-3-11(9-12)14-10-16(14)22-19(24)13-6-7-15(21-18(13)23)17-5-2-8-25-17/h1-9,14,16H,10H2,(H,21,23)(H,22,24). The van der Waals surface area contributed by atoms with Crippen LogP contribution in [0.1, 0.15) is 28.3 Å². The number of aromatic nitrogens is 1. The molecule has 1 fully saturated rings. The summed E-state index contributed by atoms with van der Waals surface area (Å²) in [5, 5.41) is 2.83. The Kier molecular flexibility index (Phi) is 3.72. The minimum Gasteiger partial charge on any atom is -0.463 e. The minimum absolute atomic E-state index is 0.0419. The fourth-order valence-electron chi connectivity index (χ4n) is 2.93. The van der Waals surface area contributed by atoms with Crippen LogP contribution in [-0.4, -0.2) is 16.9 Å². The molecule has 2 N–H and O–H groups in total. The largest absolute Gasteiger partial charge is 0.463 e. The molecule has 0 saturated heterocycles. The van der Waals surface area contributed by atoms with Crippen LogP contribution in [0, 0.1) is 5.82 Å². The Labute approximate surface area is 142 Å². The number of aromatic amines is 1. The van der Waals surface area contributed by atoms with Crippen molar-refractivity contribution in [3.05, 3.63) is 82.1 Å². The van der Waals surface area contributed by atoms with Crippen LogP contribution in [0.4, 0.5) is 4.39 Å². The van der Waals surface area contributed by atoms with Gasteiger partial charge in [-0.15, -0.1) is 0 Å². The fraction of sp³-hybridized carbons (Fsp3) is 0.158. The Morgan fingerprint density at radius 2 is 2.08 bits per heavy atom. The maximum absolute atomic E-state index is 13.3. The van der Waals surface area contributed by atoms with E-state index in [2.05, 4.69) is 10.3 Å². The number of halogens is 1. The maximum Gasteiger partial charge on any atom is 0.261 e. The first kappa shape index (κ1) is 15.4. The molecule has 0 spiro atoms. The van der Waals surface area contributed by atoms with E-state index in [1.807, 2.05) is 6.07 Å². The Balaban J connectivity index is 1.46. The summed E-state index contributed by atoms with van der Waals surface area (Å²) >= 11 is 0. The van der Waals surface area contributed by atoms with E-state index in [-0.39, 0.29) is 23.3 Å². The van der Waals surface area contributed by atoms with Crippen LogP contribution in [0.25, 0.3) is 11.5 Å². The zero-order chi connectivity index (χ0) is 17.4. The molecule has 0 bridgehead atoms. The SMILES string of the molecule is O=C(NC1CC1c1cccc(F)c1)c1ccc(-c2ccco2)[nH]c1=O. The van der Waals surface area contributed by atoms with Gasteiger partial charge in [0, 0.05) is 12.0 Å². The molecule has 1 saturated carbocycles. The number of nitrogens with one attached hydrogen (secondary N) is 2. The number of H-pyrrole nitrogens is 1. The highest BCUT2D eigenvalue weighted by Crippen LogP contribution is 2.40. The van der Waals surface area contributed by atoms with Gasteiger partial charge in [0.15, 0.2) is 0 Å². The number of benzene rings is 1. The van der Waals surface area contributed by atoms with E-state index in [4.69, 9.17) is 4.42 Å².